The van der Waals surface area contributed by atoms with Gasteiger partial charge in [0.25, 0.3) is 0 Å². The second-order valence-electron chi connectivity index (χ2n) is 7.26. The van der Waals surface area contributed by atoms with E-state index in [0.717, 1.165) is 32.0 Å². The van der Waals surface area contributed by atoms with Crippen molar-refractivity contribution < 1.29 is 13.2 Å². The van der Waals surface area contributed by atoms with E-state index in [-0.39, 0.29) is 28.9 Å². The third kappa shape index (κ3) is 7.88. The Morgan fingerprint density at radius 1 is 1.16 bits per heavy atom. The summed E-state index contributed by atoms with van der Waals surface area (Å²) in [4.78, 5) is 7.27. The molecule has 0 bridgehead atoms. The molecular formula is C22H31IN4O3S. The van der Waals surface area contributed by atoms with Gasteiger partial charge in [-0.1, -0.05) is 18.2 Å². The van der Waals surface area contributed by atoms with Crippen LogP contribution in [0.15, 0.2) is 64.5 Å². The third-order valence-corrected chi connectivity index (χ3v) is 6.00. The summed E-state index contributed by atoms with van der Waals surface area (Å²) in [5, 5.41) is 6.80. The normalized spacial score (nSPS) is 16.5. The van der Waals surface area contributed by atoms with Crippen molar-refractivity contribution >= 4 is 45.5 Å². The minimum absolute atomic E-state index is 0. The second-order valence-corrected chi connectivity index (χ2v) is 9.28. The molecule has 1 aliphatic heterocycles. The lowest BCUT2D eigenvalue weighted by Crippen LogP contribution is -2.44. The zero-order chi connectivity index (χ0) is 21.4. The highest BCUT2D eigenvalue weighted by Crippen LogP contribution is 2.19. The standard InChI is InChI=1S/C22H30N4O3S.HI/c1-3-23-22(25-18-13-15-26(17-18)19-7-5-4-6-8-19)24-14-16-29-20-9-11-21(12-10-20)30(2,27)28;/h4-12,18H,3,13-17H2,1-2H3,(H2,23,24,25);1H. The molecule has 0 radical (unpaired) electrons. The van der Waals surface area contributed by atoms with E-state index in [1.165, 1.54) is 11.9 Å². The van der Waals surface area contributed by atoms with E-state index in [1.54, 1.807) is 24.3 Å². The van der Waals surface area contributed by atoms with Gasteiger partial charge in [-0.15, -0.1) is 24.0 Å². The molecule has 9 heteroatoms. The van der Waals surface area contributed by atoms with Crippen molar-refractivity contribution in [3.8, 4) is 5.75 Å². The number of nitrogens with zero attached hydrogens (tertiary/aromatic N) is 2. The third-order valence-electron chi connectivity index (χ3n) is 4.88. The lowest BCUT2D eigenvalue weighted by atomic mass is 10.3. The number of guanidine groups is 1. The number of sulfone groups is 1. The van der Waals surface area contributed by atoms with Crippen LogP contribution < -0.4 is 20.3 Å². The van der Waals surface area contributed by atoms with Crippen molar-refractivity contribution in [3.05, 3.63) is 54.6 Å². The summed E-state index contributed by atoms with van der Waals surface area (Å²) < 4.78 is 28.7. The monoisotopic (exact) mass is 558 g/mol. The Bertz CT molecular complexity index is 937. The van der Waals surface area contributed by atoms with Gasteiger partial charge < -0.3 is 20.3 Å². The molecule has 1 aliphatic rings. The number of hydrogen-bond acceptors (Lipinski definition) is 5. The van der Waals surface area contributed by atoms with Gasteiger partial charge in [0.15, 0.2) is 15.8 Å². The molecule has 1 fully saturated rings. The summed E-state index contributed by atoms with van der Waals surface area (Å²) in [7, 11) is -3.19. The maximum Gasteiger partial charge on any atom is 0.191 e. The van der Waals surface area contributed by atoms with Crippen LogP contribution in [0.5, 0.6) is 5.75 Å². The summed E-state index contributed by atoms with van der Waals surface area (Å²) in [5.41, 5.74) is 1.25. The smallest absolute Gasteiger partial charge is 0.191 e. The number of anilines is 1. The molecule has 31 heavy (non-hydrogen) atoms. The summed E-state index contributed by atoms with van der Waals surface area (Å²) in [6.07, 6.45) is 2.25. The van der Waals surface area contributed by atoms with Crippen LogP contribution in [0, 0.1) is 0 Å². The molecule has 0 aromatic heterocycles. The zero-order valence-corrected chi connectivity index (χ0v) is 21.1. The molecule has 1 atom stereocenters. The first kappa shape index (κ1) is 25.3. The van der Waals surface area contributed by atoms with Crippen LogP contribution in [-0.4, -0.2) is 59.5 Å². The van der Waals surface area contributed by atoms with E-state index in [0.29, 0.717) is 24.9 Å². The molecule has 0 aliphatic carbocycles. The van der Waals surface area contributed by atoms with Crippen LogP contribution >= 0.6 is 24.0 Å². The molecule has 1 heterocycles. The van der Waals surface area contributed by atoms with E-state index < -0.39 is 9.84 Å². The number of halogens is 1. The Balaban J connectivity index is 0.00000341. The Hall–Kier alpha value is -2.01. The fraction of sp³-hybridized carbons (Fsp3) is 0.409. The minimum Gasteiger partial charge on any atom is -0.492 e. The second kappa shape index (κ2) is 12.1. The van der Waals surface area contributed by atoms with Crippen molar-refractivity contribution in [2.45, 2.75) is 24.3 Å². The summed E-state index contributed by atoms with van der Waals surface area (Å²) in [6, 6.07) is 17.2. The Morgan fingerprint density at radius 3 is 2.52 bits per heavy atom. The van der Waals surface area contributed by atoms with Gasteiger partial charge in [0, 0.05) is 37.6 Å². The first-order valence-corrected chi connectivity index (χ1v) is 12.1. The lowest BCUT2D eigenvalue weighted by Gasteiger charge is -2.20. The number of nitrogens with one attached hydrogen (secondary N) is 2. The number of ether oxygens (including phenoxy) is 1. The molecule has 2 aromatic rings. The van der Waals surface area contributed by atoms with Gasteiger partial charge in [-0.2, -0.15) is 0 Å². The molecule has 3 rings (SSSR count). The fourth-order valence-electron chi connectivity index (χ4n) is 3.37. The summed E-state index contributed by atoms with van der Waals surface area (Å²) in [6.45, 7) is 5.70. The van der Waals surface area contributed by atoms with E-state index in [4.69, 9.17) is 4.74 Å². The molecule has 2 N–H and O–H groups in total. The van der Waals surface area contributed by atoms with Gasteiger partial charge in [-0.25, -0.2) is 13.4 Å². The van der Waals surface area contributed by atoms with Gasteiger partial charge >= 0.3 is 0 Å². The SMILES string of the molecule is CCNC(=NCCOc1ccc(S(C)(=O)=O)cc1)NC1CCN(c2ccccc2)C1.I. The number of rotatable bonds is 8. The topological polar surface area (TPSA) is 83.0 Å². The van der Waals surface area contributed by atoms with Gasteiger partial charge in [0.05, 0.1) is 11.4 Å². The highest BCUT2D eigenvalue weighted by atomic mass is 127. The van der Waals surface area contributed by atoms with E-state index in [9.17, 15) is 8.42 Å². The summed E-state index contributed by atoms with van der Waals surface area (Å²) >= 11 is 0. The molecule has 0 spiro atoms. The number of hydrogen-bond donors (Lipinski definition) is 2. The molecule has 1 saturated heterocycles. The van der Waals surface area contributed by atoms with Crippen molar-refractivity contribution in [2.24, 2.45) is 4.99 Å². The first-order valence-electron chi connectivity index (χ1n) is 10.2. The molecule has 7 nitrogen and oxygen atoms in total. The molecule has 170 valence electrons. The van der Waals surface area contributed by atoms with Gasteiger partial charge in [-0.05, 0) is 49.7 Å². The average Bonchev–Trinajstić information content (AvgIpc) is 3.20. The van der Waals surface area contributed by atoms with E-state index in [1.807, 2.05) is 13.0 Å². The average molecular weight is 558 g/mol. The fourth-order valence-corrected chi connectivity index (χ4v) is 4.00. The van der Waals surface area contributed by atoms with Crippen LogP contribution in [0.4, 0.5) is 5.69 Å². The quantitative estimate of drug-likeness (QED) is 0.225. The van der Waals surface area contributed by atoms with Gasteiger partial charge in [0.2, 0.25) is 0 Å². The molecule has 0 amide bonds. The Kier molecular flexibility index (Phi) is 9.89. The van der Waals surface area contributed by atoms with Gasteiger partial charge in [0.1, 0.15) is 12.4 Å². The first-order chi connectivity index (χ1) is 14.5. The molecule has 0 saturated carbocycles. The van der Waals surface area contributed by atoms with Crippen LogP contribution in [-0.2, 0) is 9.84 Å². The number of aliphatic imine (C=N–C) groups is 1. The number of benzene rings is 2. The van der Waals surface area contributed by atoms with Crippen molar-refractivity contribution in [1.82, 2.24) is 10.6 Å². The zero-order valence-electron chi connectivity index (χ0n) is 18.0. The highest BCUT2D eigenvalue weighted by Gasteiger charge is 2.23. The molecule has 2 aromatic carbocycles. The van der Waals surface area contributed by atoms with Gasteiger partial charge in [-0.3, -0.25) is 0 Å². The predicted octanol–water partition coefficient (Wildman–Crippen LogP) is 2.92. The maximum atomic E-state index is 11.5. The Morgan fingerprint density at radius 2 is 1.87 bits per heavy atom. The van der Waals surface area contributed by atoms with Crippen molar-refractivity contribution in [3.63, 3.8) is 0 Å². The van der Waals surface area contributed by atoms with Crippen LogP contribution in [0.2, 0.25) is 0 Å². The van der Waals surface area contributed by atoms with Crippen LogP contribution in [0.3, 0.4) is 0 Å². The van der Waals surface area contributed by atoms with Crippen LogP contribution in [0.1, 0.15) is 13.3 Å². The minimum atomic E-state index is -3.19. The maximum absolute atomic E-state index is 11.5. The molecule has 1 unspecified atom stereocenters. The lowest BCUT2D eigenvalue weighted by molar-refractivity contribution is 0.328. The summed E-state index contributed by atoms with van der Waals surface area (Å²) in [5.74, 6) is 1.42. The largest absolute Gasteiger partial charge is 0.492 e. The molecular weight excluding hydrogens is 527 g/mol. The van der Waals surface area contributed by atoms with Crippen LogP contribution in [0.25, 0.3) is 0 Å². The highest BCUT2D eigenvalue weighted by molar-refractivity contribution is 14.0. The van der Waals surface area contributed by atoms with E-state index in [2.05, 4.69) is 44.8 Å². The van der Waals surface area contributed by atoms with E-state index >= 15 is 0 Å². The van der Waals surface area contributed by atoms with Crippen molar-refractivity contribution in [1.29, 1.82) is 0 Å². The number of para-hydroxylation sites is 1. The predicted molar refractivity (Wildman–Crippen MR) is 137 cm³/mol. The Labute approximate surface area is 202 Å². The van der Waals surface area contributed by atoms with Crippen molar-refractivity contribution in [2.75, 3.05) is 43.9 Å².